The summed E-state index contributed by atoms with van der Waals surface area (Å²) >= 11 is 0. The smallest absolute Gasteiger partial charge is 0.127 e. The lowest BCUT2D eigenvalue weighted by atomic mass is 10.0. The SMILES string of the molecule is COc1cccc(C(F)CC(C)N)c1. The number of hydrogen-bond donors (Lipinski definition) is 1. The van der Waals surface area contributed by atoms with E-state index in [0.717, 1.165) is 0 Å². The Balaban J connectivity index is 2.73. The van der Waals surface area contributed by atoms with Crippen molar-refractivity contribution >= 4 is 0 Å². The lowest BCUT2D eigenvalue weighted by molar-refractivity contribution is 0.306. The van der Waals surface area contributed by atoms with Crippen LogP contribution in [0, 0.1) is 0 Å². The van der Waals surface area contributed by atoms with E-state index < -0.39 is 6.17 Å². The highest BCUT2D eigenvalue weighted by Gasteiger charge is 2.12. The second kappa shape index (κ2) is 4.96. The number of nitrogens with two attached hydrogens (primary N) is 1. The van der Waals surface area contributed by atoms with Crippen molar-refractivity contribution in [1.82, 2.24) is 0 Å². The summed E-state index contributed by atoms with van der Waals surface area (Å²) in [6.07, 6.45) is -0.669. The van der Waals surface area contributed by atoms with Crippen molar-refractivity contribution in [1.29, 1.82) is 0 Å². The van der Waals surface area contributed by atoms with Crippen molar-refractivity contribution in [3.05, 3.63) is 29.8 Å². The van der Waals surface area contributed by atoms with Gasteiger partial charge >= 0.3 is 0 Å². The van der Waals surface area contributed by atoms with Crippen molar-refractivity contribution in [2.75, 3.05) is 7.11 Å². The Labute approximate surface area is 83.9 Å². The van der Waals surface area contributed by atoms with Gasteiger partial charge in [-0.1, -0.05) is 12.1 Å². The van der Waals surface area contributed by atoms with Gasteiger partial charge in [0, 0.05) is 6.04 Å². The predicted octanol–water partition coefficient (Wildman–Crippen LogP) is 2.44. The van der Waals surface area contributed by atoms with Gasteiger partial charge in [-0.2, -0.15) is 0 Å². The zero-order chi connectivity index (χ0) is 10.6. The minimum absolute atomic E-state index is 0.129. The maximum absolute atomic E-state index is 13.6. The van der Waals surface area contributed by atoms with E-state index in [1.165, 1.54) is 0 Å². The maximum atomic E-state index is 13.6. The number of benzene rings is 1. The van der Waals surface area contributed by atoms with Crippen molar-refractivity contribution in [2.24, 2.45) is 5.73 Å². The molecule has 2 N–H and O–H groups in total. The Kier molecular flexibility index (Phi) is 3.89. The van der Waals surface area contributed by atoms with E-state index in [1.807, 2.05) is 0 Å². The van der Waals surface area contributed by atoms with Crippen LogP contribution in [0.3, 0.4) is 0 Å². The van der Waals surface area contributed by atoms with Gasteiger partial charge in [-0.3, -0.25) is 0 Å². The van der Waals surface area contributed by atoms with E-state index in [9.17, 15) is 4.39 Å². The average Bonchev–Trinajstić information content (AvgIpc) is 2.17. The van der Waals surface area contributed by atoms with E-state index in [0.29, 0.717) is 17.7 Å². The molecule has 2 atom stereocenters. The first-order valence-corrected chi connectivity index (χ1v) is 4.67. The number of halogens is 1. The molecule has 3 heteroatoms. The lowest BCUT2D eigenvalue weighted by Gasteiger charge is -2.11. The number of hydrogen-bond acceptors (Lipinski definition) is 2. The first kappa shape index (κ1) is 11.0. The number of ether oxygens (including phenoxy) is 1. The van der Waals surface area contributed by atoms with Crippen LogP contribution in [0.25, 0.3) is 0 Å². The molecule has 1 aromatic rings. The van der Waals surface area contributed by atoms with Crippen LogP contribution in [0.2, 0.25) is 0 Å². The Hall–Kier alpha value is -1.09. The zero-order valence-electron chi connectivity index (χ0n) is 8.53. The van der Waals surface area contributed by atoms with Gasteiger partial charge in [-0.15, -0.1) is 0 Å². The first-order valence-electron chi connectivity index (χ1n) is 4.67. The third-order valence-electron chi connectivity index (χ3n) is 2.03. The van der Waals surface area contributed by atoms with Crippen molar-refractivity contribution in [3.8, 4) is 5.75 Å². The van der Waals surface area contributed by atoms with E-state index in [2.05, 4.69) is 0 Å². The van der Waals surface area contributed by atoms with Gasteiger partial charge in [0.2, 0.25) is 0 Å². The van der Waals surface area contributed by atoms with Crippen LogP contribution in [-0.4, -0.2) is 13.2 Å². The molecule has 2 unspecified atom stereocenters. The van der Waals surface area contributed by atoms with Crippen LogP contribution in [0.15, 0.2) is 24.3 Å². The number of alkyl halides is 1. The third-order valence-corrected chi connectivity index (χ3v) is 2.03. The summed E-state index contributed by atoms with van der Waals surface area (Å²) in [6.45, 7) is 1.80. The molecule has 14 heavy (non-hydrogen) atoms. The molecule has 0 saturated heterocycles. The van der Waals surface area contributed by atoms with Gasteiger partial charge in [-0.25, -0.2) is 4.39 Å². The number of rotatable bonds is 4. The summed E-state index contributed by atoms with van der Waals surface area (Å²) in [5.41, 5.74) is 6.16. The fourth-order valence-electron chi connectivity index (χ4n) is 1.30. The van der Waals surface area contributed by atoms with Crippen LogP contribution >= 0.6 is 0 Å². The molecular formula is C11H16FNO. The lowest BCUT2D eigenvalue weighted by Crippen LogP contribution is -2.16. The van der Waals surface area contributed by atoms with Gasteiger partial charge in [-0.05, 0) is 31.0 Å². The Morgan fingerprint density at radius 1 is 1.50 bits per heavy atom. The highest BCUT2D eigenvalue weighted by atomic mass is 19.1. The summed E-state index contributed by atoms with van der Waals surface area (Å²) in [7, 11) is 1.57. The van der Waals surface area contributed by atoms with Crippen LogP contribution < -0.4 is 10.5 Å². The molecule has 0 amide bonds. The quantitative estimate of drug-likeness (QED) is 0.804. The topological polar surface area (TPSA) is 35.2 Å². The Morgan fingerprint density at radius 2 is 2.21 bits per heavy atom. The molecule has 0 aliphatic carbocycles. The summed E-state index contributed by atoms with van der Waals surface area (Å²) in [4.78, 5) is 0. The van der Waals surface area contributed by atoms with Crippen molar-refractivity contribution in [2.45, 2.75) is 25.6 Å². The van der Waals surface area contributed by atoms with Gasteiger partial charge in [0.15, 0.2) is 0 Å². The van der Waals surface area contributed by atoms with Gasteiger partial charge < -0.3 is 10.5 Å². The second-order valence-electron chi connectivity index (χ2n) is 3.46. The Morgan fingerprint density at radius 3 is 2.79 bits per heavy atom. The summed E-state index contributed by atoms with van der Waals surface area (Å²) in [6, 6.07) is 6.89. The first-order chi connectivity index (χ1) is 6.63. The zero-order valence-corrected chi connectivity index (χ0v) is 8.53. The molecule has 1 rings (SSSR count). The molecule has 0 bridgehead atoms. The molecule has 0 radical (unpaired) electrons. The van der Waals surface area contributed by atoms with Crippen LogP contribution in [0.4, 0.5) is 4.39 Å². The second-order valence-corrected chi connectivity index (χ2v) is 3.46. The molecule has 0 heterocycles. The summed E-state index contributed by atoms with van der Waals surface area (Å²) < 4.78 is 18.6. The maximum Gasteiger partial charge on any atom is 0.127 e. The normalized spacial score (nSPS) is 14.9. The van der Waals surface area contributed by atoms with Crippen LogP contribution in [0.1, 0.15) is 25.1 Å². The summed E-state index contributed by atoms with van der Waals surface area (Å²) in [5, 5.41) is 0. The van der Waals surface area contributed by atoms with Crippen molar-refractivity contribution < 1.29 is 9.13 Å². The molecule has 0 aliphatic heterocycles. The Bertz CT molecular complexity index is 288. The predicted molar refractivity (Wildman–Crippen MR) is 55.1 cm³/mol. The largest absolute Gasteiger partial charge is 0.497 e. The molecule has 0 aliphatic rings. The fraction of sp³-hybridized carbons (Fsp3) is 0.455. The fourth-order valence-corrected chi connectivity index (χ4v) is 1.30. The molecule has 78 valence electrons. The summed E-state index contributed by atoms with van der Waals surface area (Å²) in [5.74, 6) is 0.676. The molecule has 0 spiro atoms. The van der Waals surface area contributed by atoms with Gasteiger partial charge in [0.25, 0.3) is 0 Å². The average molecular weight is 197 g/mol. The minimum atomic E-state index is -1.01. The molecule has 2 nitrogen and oxygen atoms in total. The van der Waals surface area contributed by atoms with E-state index in [-0.39, 0.29) is 6.04 Å². The molecule has 0 saturated carbocycles. The van der Waals surface area contributed by atoms with E-state index in [4.69, 9.17) is 10.5 Å². The molecule has 1 aromatic carbocycles. The molecule has 0 aromatic heterocycles. The van der Waals surface area contributed by atoms with Gasteiger partial charge in [0.05, 0.1) is 7.11 Å². The van der Waals surface area contributed by atoms with Crippen LogP contribution in [0.5, 0.6) is 5.75 Å². The highest BCUT2D eigenvalue weighted by molar-refractivity contribution is 5.29. The van der Waals surface area contributed by atoms with E-state index >= 15 is 0 Å². The molecular weight excluding hydrogens is 181 g/mol. The van der Waals surface area contributed by atoms with Crippen LogP contribution in [-0.2, 0) is 0 Å². The minimum Gasteiger partial charge on any atom is -0.497 e. The number of methoxy groups -OCH3 is 1. The molecule has 0 fully saturated rings. The van der Waals surface area contributed by atoms with E-state index in [1.54, 1.807) is 38.3 Å². The highest BCUT2D eigenvalue weighted by Crippen LogP contribution is 2.25. The monoisotopic (exact) mass is 197 g/mol. The third kappa shape index (κ3) is 3.00. The van der Waals surface area contributed by atoms with Gasteiger partial charge in [0.1, 0.15) is 11.9 Å². The standard InChI is InChI=1S/C11H16FNO/c1-8(13)6-11(12)9-4-3-5-10(7-9)14-2/h3-5,7-8,11H,6,13H2,1-2H3. The van der Waals surface area contributed by atoms with Crippen molar-refractivity contribution in [3.63, 3.8) is 0 Å².